The summed E-state index contributed by atoms with van der Waals surface area (Å²) in [6.07, 6.45) is 6.78. The maximum absolute atomic E-state index is 5.57. The lowest BCUT2D eigenvalue weighted by molar-refractivity contribution is 0.339. The van der Waals surface area contributed by atoms with Crippen molar-refractivity contribution in [3.05, 3.63) is 97.6 Å². The van der Waals surface area contributed by atoms with Gasteiger partial charge in [-0.05, 0) is 74.2 Å². The van der Waals surface area contributed by atoms with Gasteiger partial charge in [-0.1, -0.05) is 76.1 Å². The molecule has 0 atom stereocenters. The smallest absolute Gasteiger partial charge is 0.262 e. The van der Waals surface area contributed by atoms with Gasteiger partial charge in [-0.3, -0.25) is 9.97 Å². The molecule has 0 aliphatic rings. The lowest BCUT2D eigenvalue weighted by Crippen LogP contribution is -1.93. The Hall–Kier alpha value is -5.38. The number of para-hydroxylation sites is 2. The minimum atomic E-state index is 0.445. The summed E-state index contributed by atoms with van der Waals surface area (Å²) in [5.41, 5.74) is 3.32. The monoisotopic (exact) mass is 650 g/mol. The van der Waals surface area contributed by atoms with E-state index < -0.39 is 0 Å². The fraction of sp³-hybridized carbons (Fsp3) is 0.316. The summed E-state index contributed by atoms with van der Waals surface area (Å²) >= 11 is 0. The minimum Gasteiger partial charge on any atom is -0.493 e. The van der Waals surface area contributed by atoms with E-state index in [4.69, 9.17) is 18.5 Å². The van der Waals surface area contributed by atoms with Crippen LogP contribution in [0.5, 0.6) is 11.5 Å². The van der Waals surface area contributed by atoms with Gasteiger partial charge in [0.25, 0.3) is 11.8 Å². The molecule has 0 N–H and O–H groups in total. The van der Waals surface area contributed by atoms with Gasteiger partial charge in [0, 0.05) is 35.9 Å². The van der Waals surface area contributed by atoms with Crippen molar-refractivity contribution in [1.29, 1.82) is 0 Å². The first kappa shape index (κ1) is 37.1. The molecule has 0 fully saturated rings. The zero-order chi connectivity index (χ0) is 34.7. The van der Waals surface area contributed by atoms with Crippen LogP contribution in [0.3, 0.4) is 0 Å². The van der Waals surface area contributed by atoms with E-state index in [1.54, 1.807) is 24.8 Å². The highest BCUT2D eigenvalue weighted by Crippen LogP contribution is 2.31. The molecule has 0 radical (unpaired) electrons. The molecule has 252 valence electrons. The third-order valence-corrected chi connectivity index (χ3v) is 5.56. The molecule has 48 heavy (non-hydrogen) atoms. The maximum atomic E-state index is 5.57. The molecule has 0 amide bonds. The van der Waals surface area contributed by atoms with Gasteiger partial charge >= 0.3 is 0 Å². The lowest BCUT2D eigenvalue weighted by Gasteiger charge is -2.05. The summed E-state index contributed by atoms with van der Waals surface area (Å²) < 4.78 is 21.8. The van der Waals surface area contributed by atoms with Crippen molar-refractivity contribution in [3.8, 4) is 57.2 Å². The molecule has 6 rings (SSSR count). The summed E-state index contributed by atoms with van der Waals surface area (Å²) in [7, 11) is 0. The van der Waals surface area contributed by atoms with Crippen LogP contribution in [-0.2, 0) is 0 Å². The molecule has 10 nitrogen and oxygen atoms in total. The molecule has 10 heteroatoms. The highest BCUT2D eigenvalue weighted by Gasteiger charge is 2.15. The Kier molecular flexibility index (Phi) is 15.4. The quantitative estimate of drug-likeness (QED) is 0.157. The zero-order valence-corrected chi connectivity index (χ0v) is 29.1. The number of rotatable bonds is 8. The molecule has 0 saturated heterocycles. The second-order valence-corrected chi connectivity index (χ2v) is 11.6. The van der Waals surface area contributed by atoms with Crippen molar-refractivity contribution in [2.24, 2.45) is 11.8 Å². The van der Waals surface area contributed by atoms with Gasteiger partial charge in [-0.25, -0.2) is 0 Å². The first-order valence-electron chi connectivity index (χ1n) is 16.2. The SMILES string of the molecule is CC(C)C.CC(C)C.CCOc1ccccc1-c1nc(-c2ccncc2)no1.CCOc1ccccc1-c1nc(-c2ccncc2)no1. The van der Waals surface area contributed by atoms with Gasteiger partial charge in [-0.15, -0.1) is 0 Å². The van der Waals surface area contributed by atoms with Crippen molar-refractivity contribution in [1.82, 2.24) is 30.2 Å². The van der Waals surface area contributed by atoms with E-state index in [0.29, 0.717) is 36.6 Å². The third-order valence-electron chi connectivity index (χ3n) is 5.56. The molecule has 0 saturated carbocycles. The van der Waals surface area contributed by atoms with E-state index >= 15 is 0 Å². The second kappa shape index (κ2) is 20.0. The van der Waals surface area contributed by atoms with E-state index in [1.165, 1.54) is 0 Å². The summed E-state index contributed by atoms with van der Waals surface area (Å²) in [4.78, 5) is 16.8. The number of ether oxygens (including phenoxy) is 2. The van der Waals surface area contributed by atoms with Gasteiger partial charge in [0.2, 0.25) is 11.6 Å². The highest BCUT2D eigenvalue weighted by molar-refractivity contribution is 5.66. The van der Waals surface area contributed by atoms with Crippen molar-refractivity contribution in [2.45, 2.75) is 55.4 Å². The fourth-order valence-corrected chi connectivity index (χ4v) is 3.75. The minimum absolute atomic E-state index is 0.445. The Morgan fingerprint density at radius 1 is 0.521 bits per heavy atom. The molecule has 2 aromatic carbocycles. The van der Waals surface area contributed by atoms with Gasteiger partial charge in [-0.2, -0.15) is 9.97 Å². The van der Waals surface area contributed by atoms with Crippen LogP contribution in [0, 0.1) is 11.8 Å². The summed E-state index contributed by atoms with van der Waals surface area (Å²) in [6.45, 7) is 18.0. The molecular weight excluding hydrogens is 604 g/mol. The van der Waals surface area contributed by atoms with Crippen molar-refractivity contribution in [3.63, 3.8) is 0 Å². The number of pyridine rings is 2. The largest absolute Gasteiger partial charge is 0.493 e. The first-order chi connectivity index (χ1) is 23.2. The summed E-state index contributed by atoms with van der Waals surface area (Å²) in [6, 6.07) is 22.6. The molecule has 4 aromatic heterocycles. The standard InChI is InChI=1S/2C15H13N3O2.2C4H10/c2*1-2-19-13-6-4-3-5-12(13)15-17-14(18-20-15)11-7-9-16-10-8-11;2*1-4(2)3/h2*3-10H,2H2,1H3;2*4H,1-3H3. The molecule has 4 heterocycles. The molecule has 0 aliphatic carbocycles. The summed E-state index contributed by atoms with van der Waals surface area (Å²) in [5.74, 6) is 5.10. The van der Waals surface area contributed by atoms with E-state index in [-0.39, 0.29) is 0 Å². The van der Waals surface area contributed by atoms with E-state index in [9.17, 15) is 0 Å². The topological polar surface area (TPSA) is 122 Å². The molecule has 0 unspecified atom stereocenters. The Morgan fingerprint density at radius 3 is 1.19 bits per heavy atom. The van der Waals surface area contributed by atoms with E-state index in [1.807, 2.05) is 86.6 Å². The maximum Gasteiger partial charge on any atom is 0.262 e. The Bertz CT molecular complexity index is 1600. The normalized spacial score (nSPS) is 10.2. The van der Waals surface area contributed by atoms with Crippen molar-refractivity contribution in [2.75, 3.05) is 13.2 Å². The predicted molar refractivity (Wildman–Crippen MR) is 189 cm³/mol. The molecular formula is C38H46N6O4. The number of benzene rings is 2. The van der Waals surface area contributed by atoms with Gasteiger partial charge in [0.1, 0.15) is 11.5 Å². The van der Waals surface area contributed by atoms with Gasteiger partial charge in [0.15, 0.2) is 0 Å². The molecule has 0 aliphatic heterocycles. The number of hydrogen-bond acceptors (Lipinski definition) is 10. The second-order valence-electron chi connectivity index (χ2n) is 11.6. The lowest BCUT2D eigenvalue weighted by atomic mass is 10.2. The number of nitrogens with zero attached hydrogens (tertiary/aromatic N) is 6. The van der Waals surface area contributed by atoms with Crippen LogP contribution in [0.4, 0.5) is 0 Å². The molecule has 0 bridgehead atoms. The Balaban J connectivity index is 0.000000213. The van der Waals surface area contributed by atoms with Crippen molar-refractivity contribution >= 4 is 0 Å². The van der Waals surface area contributed by atoms with Gasteiger partial charge < -0.3 is 18.5 Å². The number of aromatic nitrogens is 6. The van der Waals surface area contributed by atoms with Crippen LogP contribution in [0.25, 0.3) is 45.7 Å². The van der Waals surface area contributed by atoms with Crippen LogP contribution in [0.2, 0.25) is 0 Å². The average Bonchev–Trinajstić information content (AvgIpc) is 3.78. The highest BCUT2D eigenvalue weighted by atomic mass is 16.5. The van der Waals surface area contributed by atoms with Crippen molar-refractivity contribution < 1.29 is 18.5 Å². The molecule has 6 aromatic rings. The van der Waals surface area contributed by atoms with Crippen LogP contribution in [-0.4, -0.2) is 43.5 Å². The average molecular weight is 651 g/mol. The Morgan fingerprint density at radius 2 is 0.854 bits per heavy atom. The predicted octanol–water partition coefficient (Wildman–Crippen LogP) is 9.72. The zero-order valence-electron chi connectivity index (χ0n) is 29.1. The Labute approximate surface area is 283 Å². The van der Waals surface area contributed by atoms with E-state index in [0.717, 1.165) is 45.6 Å². The summed E-state index contributed by atoms with van der Waals surface area (Å²) in [5, 5.41) is 7.99. The fourth-order valence-electron chi connectivity index (χ4n) is 3.75. The van der Waals surface area contributed by atoms with Crippen LogP contribution in [0.15, 0.2) is 107 Å². The van der Waals surface area contributed by atoms with E-state index in [2.05, 4.69) is 71.8 Å². The van der Waals surface area contributed by atoms with Crippen LogP contribution < -0.4 is 9.47 Å². The van der Waals surface area contributed by atoms with Crippen LogP contribution in [0.1, 0.15) is 55.4 Å². The first-order valence-corrected chi connectivity index (χ1v) is 16.2. The van der Waals surface area contributed by atoms with Gasteiger partial charge in [0.05, 0.1) is 24.3 Å². The molecule has 0 spiro atoms. The third kappa shape index (κ3) is 12.1. The number of hydrogen-bond donors (Lipinski definition) is 0. The van der Waals surface area contributed by atoms with Crippen LogP contribution >= 0.6 is 0 Å².